The van der Waals surface area contributed by atoms with E-state index in [9.17, 15) is 4.79 Å². The molecule has 1 aliphatic heterocycles. The molecule has 0 atom stereocenters. The molecule has 0 unspecified atom stereocenters. The molecular weight excluding hydrogens is 266 g/mol. The number of fused-ring (bicyclic) bond motifs is 1. The van der Waals surface area contributed by atoms with Gasteiger partial charge in [-0.2, -0.15) is 0 Å². The van der Waals surface area contributed by atoms with Crippen LogP contribution in [-0.4, -0.2) is 13.0 Å². The van der Waals surface area contributed by atoms with Gasteiger partial charge < -0.3 is 4.90 Å². The fourth-order valence-electron chi connectivity index (χ4n) is 2.22. The lowest BCUT2D eigenvalue weighted by Gasteiger charge is -2.37. The molecule has 2 nitrogen and oxygen atoms in total. The van der Waals surface area contributed by atoms with Crippen molar-refractivity contribution in [2.45, 2.75) is 32.6 Å². The predicted octanol–water partition coefficient (Wildman–Crippen LogP) is 3.40. The minimum absolute atomic E-state index is 0.0651. The van der Waals surface area contributed by atoms with E-state index < -0.39 is 0 Å². The molecule has 0 saturated heterocycles. The topological polar surface area (TPSA) is 20.3 Å². The molecule has 16 heavy (non-hydrogen) atoms. The Morgan fingerprint density at radius 1 is 1.38 bits per heavy atom. The maximum absolute atomic E-state index is 11.9. The van der Waals surface area contributed by atoms with Gasteiger partial charge in [-0.25, -0.2) is 0 Å². The third-order valence-electron chi connectivity index (χ3n) is 3.33. The monoisotopic (exact) mass is 281 g/mol. The second-order valence-electron chi connectivity index (χ2n) is 5.13. The highest BCUT2D eigenvalue weighted by atomic mass is 79.9. The van der Waals surface area contributed by atoms with Gasteiger partial charge in [0.15, 0.2) is 0 Å². The number of hydrogen-bond donors (Lipinski definition) is 0. The van der Waals surface area contributed by atoms with Gasteiger partial charge >= 0.3 is 0 Å². The van der Waals surface area contributed by atoms with E-state index in [1.807, 2.05) is 13.1 Å². The van der Waals surface area contributed by atoms with Gasteiger partial charge in [0.2, 0.25) is 5.91 Å². The van der Waals surface area contributed by atoms with Crippen LogP contribution in [0.15, 0.2) is 16.6 Å². The van der Waals surface area contributed by atoms with E-state index in [0.717, 1.165) is 10.2 Å². The standard InChI is InChI=1S/C13H16BrNO/c1-8-5-9-11(6-10(8)14)15(4)12(16)7-13(9,2)3/h5-6H,7H2,1-4H3. The van der Waals surface area contributed by atoms with E-state index in [2.05, 4.69) is 42.8 Å². The van der Waals surface area contributed by atoms with Crippen molar-refractivity contribution >= 4 is 27.5 Å². The Morgan fingerprint density at radius 3 is 2.62 bits per heavy atom. The number of carbonyl (C=O) groups is 1. The zero-order chi connectivity index (χ0) is 12.1. The number of benzene rings is 1. The van der Waals surface area contributed by atoms with Crippen LogP contribution >= 0.6 is 15.9 Å². The first kappa shape index (κ1) is 11.6. The van der Waals surface area contributed by atoms with Crippen LogP contribution in [-0.2, 0) is 10.2 Å². The number of hydrogen-bond acceptors (Lipinski definition) is 1. The van der Waals surface area contributed by atoms with Crippen LogP contribution in [0.25, 0.3) is 0 Å². The Labute approximate surface area is 105 Å². The summed E-state index contributed by atoms with van der Waals surface area (Å²) in [5, 5.41) is 0. The summed E-state index contributed by atoms with van der Waals surface area (Å²) in [7, 11) is 1.85. The second kappa shape index (κ2) is 3.59. The van der Waals surface area contributed by atoms with Crippen molar-refractivity contribution in [3.8, 4) is 0 Å². The predicted molar refractivity (Wildman–Crippen MR) is 69.9 cm³/mol. The molecule has 0 bridgehead atoms. The molecule has 0 saturated carbocycles. The van der Waals surface area contributed by atoms with Crippen molar-refractivity contribution in [1.82, 2.24) is 0 Å². The minimum atomic E-state index is -0.0651. The number of nitrogens with zero attached hydrogens (tertiary/aromatic N) is 1. The Morgan fingerprint density at radius 2 is 2.00 bits per heavy atom. The summed E-state index contributed by atoms with van der Waals surface area (Å²) in [6, 6.07) is 4.23. The summed E-state index contributed by atoms with van der Waals surface area (Å²) in [5.41, 5.74) is 3.44. The van der Waals surface area contributed by atoms with Crippen LogP contribution < -0.4 is 4.90 Å². The molecule has 0 spiro atoms. The van der Waals surface area contributed by atoms with E-state index in [1.54, 1.807) is 4.90 Å². The normalized spacial score (nSPS) is 18.6. The Bertz CT molecular complexity index is 465. The van der Waals surface area contributed by atoms with E-state index in [1.165, 1.54) is 11.1 Å². The lowest BCUT2D eigenvalue weighted by Crippen LogP contribution is -2.39. The summed E-state index contributed by atoms with van der Waals surface area (Å²) in [5.74, 6) is 0.188. The summed E-state index contributed by atoms with van der Waals surface area (Å²) in [4.78, 5) is 13.6. The average molecular weight is 282 g/mol. The van der Waals surface area contributed by atoms with Crippen molar-refractivity contribution in [2.75, 3.05) is 11.9 Å². The number of anilines is 1. The molecule has 0 radical (unpaired) electrons. The quantitative estimate of drug-likeness (QED) is 0.714. The van der Waals surface area contributed by atoms with Crippen LogP contribution in [0, 0.1) is 6.92 Å². The molecule has 0 fully saturated rings. The molecule has 1 amide bonds. The zero-order valence-corrected chi connectivity index (χ0v) is 11.7. The third kappa shape index (κ3) is 1.67. The van der Waals surface area contributed by atoms with Gasteiger partial charge in [0, 0.05) is 29.0 Å². The highest BCUT2D eigenvalue weighted by Gasteiger charge is 2.35. The molecule has 86 valence electrons. The minimum Gasteiger partial charge on any atom is -0.315 e. The molecule has 2 rings (SSSR count). The van der Waals surface area contributed by atoms with Gasteiger partial charge in [0.1, 0.15) is 0 Å². The second-order valence-corrected chi connectivity index (χ2v) is 5.99. The Hall–Kier alpha value is -0.830. The van der Waals surface area contributed by atoms with Crippen LogP contribution in [0.1, 0.15) is 31.4 Å². The Kier molecular flexibility index (Phi) is 2.61. The van der Waals surface area contributed by atoms with Gasteiger partial charge in [0.25, 0.3) is 0 Å². The molecule has 1 aromatic carbocycles. The first-order valence-corrected chi connectivity index (χ1v) is 6.19. The van der Waals surface area contributed by atoms with Crippen LogP contribution in [0.5, 0.6) is 0 Å². The molecule has 0 aliphatic carbocycles. The van der Waals surface area contributed by atoms with Crippen molar-refractivity contribution in [3.05, 3.63) is 27.7 Å². The van der Waals surface area contributed by atoms with Gasteiger partial charge in [-0.05, 0) is 24.1 Å². The van der Waals surface area contributed by atoms with Crippen molar-refractivity contribution in [1.29, 1.82) is 0 Å². The summed E-state index contributed by atoms with van der Waals surface area (Å²) < 4.78 is 1.06. The van der Waals surface area contributed by atoms with E-state index in [0.29, 0.717) is 6.42 Å². The molecule has 1 aliphatic rings. The highest BCUT2D eigenvalue weighted by Crippen LogP contribution is 2.41. The maximum Gasteiger partial charge on any atom is 0.227 e. The fourth-order valence-corrected chi connectivity index (χ4v) is 2.55. The van der Waals surface area contributed by atoms with Crippen LogP contribution in [0.4, 0.5) is 5.69 Å². The number of carbonyl (C=O) groups excluding carboxylic acids is 1. The largest absolute Gasteiger partial charge is 0.315 e. The average Bonchev–Trinajstić information content (AvgIpc) is 2.17. The van der Waals surface area contributed by atoms with Crippen molar-refractivity contribution in [2.24, 2.45) is 0 Å². The van der Waals surface area contributed by atoms with E-state index in [4.69, 9.17) is 0 Å². The molecule has 0 aromatic heterocycles. The number of aryl methyl sites for hydroxylation is 1. The lowest BCUT2D eigenvalue weighted by molar-refractivity contribution is -0.119. The van der Waals surface area contributed by atoms with Gasteiger partial charge in [-0.1, -0.05) is 35.8 Å². The van der Waals surface area contributed by atoms with Crippen molar-refractivity contribution < 1.29 is 4.79 Å². The highest BCUT2D eigenvalue weighted by molar-refractivity contribution is 9.10. The zero-order valence-electron chi connectivity index (χ0n) is 10.1. The SMILES string of the molecule is Cc1cc2c(cc1Br)N(C)C(=O)CC2(C)C. The first-order chi connectivity index (χ1) is 7.33. The van der Waals surface area contributed by atoms with Crippen molar-refractivity contribution in [3.63, 3.8) is 0 Å². The molecular formula is C13H16BrNO. The first-order valence-electron chi connectivity index (χ1n) is 5.40. The van der Waals surface area contributed by atoms with Crippen LogP contribution in [0.2, 0.25) is 0 Å². The van der Waals surface area contributed by atoms with Crippen LogP contribution in [0.3, 0.4) is 0 Å². The molecule has 0 N–H and O–H groups in total. The lowest BCUT2D eigenvalue weighted by atomic mass is 9.77. The summed E-state index contributed by atoms with van der Waals surface area (Å²) in [6.45, 7) is 6.34. The van der Waals surface area contributed by atoms with Gasteiger partial charge in [-0.15, -0.1) is 0 Å². The molecule has 3 heteroatoms. The van der Waals surface area contributed by atoms with Gasteiger partial charge in [0.05, 0.1) is 0 Å². The number of halogens is 1. The number of rotatable bonds is 0. The summed E-state index contributed by atoms with van der Waals surface area (Å²) >= 11 is 3.52. The maximum atomic E-state index is 11.9. The van der Waals surface area contributed by atoms with E-state index >= 15 is 0 Å². The smallest absolute Gasteiger partial charge is 0.227 e. The molecule has 1 heterocycles. The van der Waals surface area contributed by atoms with Gasteiger partial charge in [-0.3, -0.25) is 4.79 Å². The number of amides is 1. The Balaban J connectivity index is 2.69. The third-order valence-corrected chi connectivity index (χ3v) is 4.19. The molecule has 1 aromatic rings. The van der Waals surface area contributed by atoms with E-state index in [-0.39, 0.29) is 11.3 Å². The fraction of sp³-hybridized carbons (Fsp3) is 0.462. The summed E-state index contributed by atoms with van der Waals surface area (Å²) in [6.07, 6.45) is 0.581.